The van der Waals surface area contributed by atoms with Crippen molar-refractivity contribution in [3.63, 3.8) is 0 Å². The van der Waals surface area contributed by atoms with Gasteiger partial charge in [0.25, 0.3) is 10.1 Å². The third kappa shape index (κ3) is 3.51. The van der Waals surface area contributed by atoms with E-state index < -0.39 is 10.1 Å². The van der Waals surface area contributed by atoms with Crippen molar-refractivity contribution in [3.05, 3.63) is 42.7 Å². The number of fused-ring (bicyclic) bond motifs is 1. The van der Waals surface area contributed by atoms with Gasteiger partial charge < -0.3 is 0 Å². The van der Waals surface area contributed by atoms with E-state index in [9.17, 15) is 8.42 Å². The zero-order chi connectivity index (χ0) is 12.3. The van der Waals surface area contributed by atoms with Gasteiger partial charge in [-0.25, -0.2) is 4.57 Å². The maximum atomic E-state index is 10.6. The van der Waals surface area contributed by atoms with Gasteiger partial charge in [-0.05, 0) is 11.5 Å². The van der Waals surface area contributed by atoms with Gasteiger partial charge in [0.15, 0.2) is 12.4 Å². The minimum Gasteiger partial charge on any atom is -0.286 e. The molecular weight excluding hydrogens is 238 g/mol. The third-order valence-electron chi connectivity index (χ3n) is 2.57. The van der Waals surface area contributed by atoms with Gasteiger partial charge in [-0.3, -0.25) is 4.55 Å². The van der Waals surface area contributed by atoms with Crippen molar-refractivity contribution in [1.82, 2.24) is 0 Å². The summed E-state index contributed by atoms with van der Waals surface area (Å²) in [6.45, 7) is 0.574. The second-order valence-electron chi connectivity index (χ2n) is 3.95. The van der Waals surface area contributed by atoms with E-state index in [2.05, 4.69) is 0 Å². The molecular formula is C12H14NO3S+. The molecule has 0 spiro atoms. The van der Waals surface area contributed by atoms with Gasteiger partial charge in [0.2, 0.25) is 0 Å². The molecule has 1 aromatic carbocycles. The van der Waals surface area contributed by atoms with E-state index in [0.717, 1.165) is 10.8 Å². The van der Waals surface area contributed by atoms with Crippen molar-refractivity contribution in [2.24, 2.45) is 0 Å². The number of benzene rings is 1. The molecule has 2 rings (SSSR count). The van der Waals surface area contributed by atoms with E-state index in [0.29, 0.717) is 13.0 Å². The summed E-state index contributed by atoms with van der Waals surface area (Å²) in [6, 6.07) is 9.96. The highest BCUT2D eigenvalue weighted by Crippen LogP contribution is 2.09. The first-order valence-corrected chi connectivity index (χ1v) is 6.98. The minimum absolute atomic E-state index is 0.202. The maximum Gasteiger partial charge on any atom is 0.265 e. The molecule has 1 heterocycles. The fraction of sp³-hybridized carbons (Fsp3) is 0.250. The lowest BCUT2D eigenvalue weighted by atomic mass is 10.2. The third-order valence-corrected chi connectivity index (χ3v) is 3.37. The highest BCUT2D eigenvalue weighted by atomic mass is 32.2. The molecule has 1 aromatic heterocycles. The summed E-state index contributed by atoms with van der Waals surface area (Å²) < 4.78 is 31.7. The second-order valence-corrected chi connectivity index (χ2v) is 5.52. The van der Waals surface area contributed by atoms with E-state index in [-0.39, 0.29) is 5.75 Å². The number of nitrogens with zero attached hydrogens (tertiary/aromatic N) is 1. The van der Waals surface area contributed by atoms with Crippen LogP contribution in [0.4, 0.5) is 0 Å². The molecule has 5 heteroatoms. The van der Waals surface area contributed by atoms with Crippen molar-refractivity contribution in [2.75, 3.05) is 5.75 Å². The molecule has 0 aliphatic carbocycles. The van der Waals surface area contributed by atoms with Gasteiger partial charge in [0, 0.05) is 17.9 Å². The molecule has 0 unspecified atom stereocenters. The molecule has 0 aliphatic rings. The Hall–Kier alpha value is -1.46. The molecule has 0 fully saturated rings. The van der Waals surface area contributed by atoms with Crippen molar-refractivity contribution in [2.45, 2.75) is 13.0 Å². The summed E-state index contributed by atoms with van der Waals surface area (Å²) in [7, 11) is -3.85. The molecule has 0 bridgehead atoms. The SMILES string of the molecule is O=S(=O)(O)CCC[n+]1ccc2ccccc2c1. The number of hydrogen-bond donors (Lipinski definition) is 1. The standard InChI is InChI=1S/C12H13NO3S/c14-17(15,16)9-3-7-13-8-6-11-4-1-2-5-12(11)10-13/h1-2,4-6,8,10H,3,7,9H2/p+1. The summed E-state index contributed by atoms with van der Waals surface area (Å²) in [5.74, 6) is -0.202. The molecule has 0 saturated heterocycles. The van der Waals surface area contributed by atoms with Crippen molar-refractivity contribution in [1.29, 1.82) is 0 Å². The lowest BCUT2D eigenvalue weighted by molar-refractivity contribution is -0.695. The summed E-state index contributed by atoms with van der Waals surface area (Å²) in [4.78, 5) is 0. The van der Waals surface area contributed by atoms with Crippen molar-refractivity contribution < 1.29 is 17.5 Å². The topological polar surface area (TPSA) is 58.3 Å². The molecule has 0 saturated carbocycles. The van der Waals surface area contributed by atoms with Crippen LogP contribution in [-0.2, 0) is 16.7 Å². The fourth-order valence-corrected chi connectivity index (χ4v) is 2.24. The fourth-order valence-electron chi connectivity index (χ4n) is 1.75. The van der Waals surface area contributed by atoms with Crippen LogP contribution in [0.25, 0.3) is 10.8 Å². The number of aromatic nitrogens is 1. The Kier molecular flexibility index (Phi) is 3.40. The zero-order valence-corrected chi connectivity index (χ0v) is 10.1. The molecule has 4 nitrogen and oxygen atoms in total. The van der Waals surface area contributed by atoms with Crippen LogP contribution in [0, 0.1) is 0 Å². The summed E-state index contributed by atoms with van der Waals surface area (Å²) in [5, 5.41) is 2.26. The second kappa shape index (κ2) is 4.81. The average Bonchev–Trinajstić information content (AvgIpc) is 2.27. The van der Waals surface area contributed by atoms with Crippen LogP contribution in [-0.4, -0.2) is 18.7 Å². The summed E-state index contributed by atoms with van der Waals surface area (Å²) in [6.07, 6.45) is 4.29. The van der Waals surface area contributed by atoms with E-state index in [1.165, 1.54) is 0 Å². The van der Waals surface area contributed by atoms with Gasteiger partial charge in [-0.15, -0.1) is 0 Å². The van der Waals surface area contributed by atoms with Crippen LogP contribution in [0.5, 0.6) is 0 Å². The average molecular weight is 252 g/mol. The Morgan fingerprint density at radius 2 is 1.82 bits per heavy atom. The van der Waals surface area contributed by atoms with Crippen LogP contribution in [0.3, 0.4) is 0 Å². The Morgan fingerprint density at radius 1 is 1.12 bits per heavy atom. The van der Waals surface area contributed by atoms with Crippen LogP contribution < -0.4 is 4.57 Å². The number of hydrogen-bond acceptors (Lipinski definition) is 2. The molecule has 1 N–H and O–H groups in total. The van der Waals surface area contributed by atoms with Gasteiger partial charge in [-0.1, -0.05) is 18.2 Å². The monoisotopic (exact) mass is 252 g/mol. The predicted molar refractivity (Wildman–Crippen MR) is 65.2 cm³/mol. The molecule has 0 aliphatic heterocycles. The number of pyridine rings is 1. The lowest BCUT2D eigenvalue weighted by Gasteiger charge is -1.98. The minimum atomic E-state index is -3.85. The predicted octanol–water partition coefficient (Wildman–Crippen LogP) is 1.41. The Morgan fingerprint density at radius 3 is 2.53 bits per heavy atom. The smallest absolute Gasteiger partial charge is 0.265 e. The highest BCUT2D eigenvalue weighted by Gasteiger charge is 2.07. The maximum absolute atomic E-state index is 10.6. The number of aryl methyl sites for hydroxylation is 1. The van der Waals surface area contributed by atoms with E-state index in [4.69, 9.17) is 4.55 Å². The molecule has 90 valence electrons. The Labute approximate surface area is 100 Å². The molecule has 0 amide bonds. The largest absolute Gasteiger partial charge is 0.286 e. The van der Waals surface area contributed by atoms with Crippen LogP contribution in [0.2, 0.25) is 0 Å². The van der Waals surface area contributed by atoms with E-state index in [1.807, 2.05) is 47.3 Å². The van der Waals surface area contributed by atoms with Gasteiger partial charge in [-0.2, -0.15) is 8.42 Å². The van der Waals surface area contributed by atoms with E-state index in [1.54, 1.807) is 0 Å². The van der Waals surface area contributed by atoms with Gasteiger partial charge in [0.05, 0.1) is 5.75 Å². The summed E-state index contributed by atoms with van der Waals surface area (Å²) in [5.41, 5.74) is 0. The van der Waals surface area contributed by atoms with Gasteiger partial charge in [0.1, 0.15) is 6.54 Å². The van der Waals surface area contributed by atoms with Crippen LogP contribution in [0.1, 0.15) is 6.42 Å². The molecule has 2 aromatic rings. The molecule has 0 atom stereocenters. The van der Waals surface area contributed by atoms with Crippen molar-refractivity contribution in [3.8, 4) is 0 Å². The Balaban J connectivity index is 2.09. The van der Waals surface area contributed by atoms with Crippen LogP contribution >= 0.6 is 0 Å². The van der Waals surface area contributed by atoms with Crippen molar-refractivity contribution >= 4 is 20.9 Å². The lowest BCUT2D eigenvalue weighted by Crippen LogP contribution is -2.33. The highest BCUT2D eigenvalue weighted by molar-refractivity contribution is 7.85. The van der Waals surface area contributed by atoms with Gasteiger partial charge >= 0.3 is 0 Å². The summed E-state index contributed by atoms with van der Waals surface area (Å²) >= 11 is 0. The Bertz CT molecular complexity index is 622. The normalized spacial score (nSPS) is 11.8. The quantitative estimate of drug-likeness (QED) is 0.661. The first-order chi connectivity index (χ1) is 8.04. The molecule has 17 heavy (non-hydrogen) atoms. The first-order valence-electron chi connectivity index (χ1n) is 5.38. The molecule has 0 radical (unpaired) electrons. The first kappa shape index (κ1) is 12.0. The number of rotatable bonds is 4. The van der Waals surface area contributed by atoms with E-state index >= 15 is 0 Å². The zero-order valence-electron chi connectivity index (χ0n) is 9.28. The van der Waals surface area contributed by atoms with Crippen LogP contribution in [0.15, 0.2) is 42.7 Å².